The van der Waals surface area contributed by atoms with E-state index in [1.807, 2.05) is 41.5 Å². The van der Waals surface area contributed by atoms with Gasteiger partial charge in [0.1, 0.15) is 0 Å². The lowest BCUT2D eigenvalue weighted by Gasteiger charge is -2.24. The molecule has 1 unspecified atom stereocenters. The minimum Gasteiger partial charge on any atom is -0.314 e. The summed E-state index contributed by atoms with van der Waals surface area (Å²) in [4.78, 5) is 0. The molecule has 0 bridgehead atoms. The Morgan fingerprint density at radius 1 is 0.895 bits per heavy atom. The fourth-order valence-corrected chi connectivity index (χ4v) is 1.76. The first-order valence-electron chi connectivity index (χ1n) is 7.93. The highest BCUT2D eigenvalue weighted by Gasteiger charge is 2.11. The lowest BCUT2D eigenvalue weighted by Crippen LogP contribution is -2.49. The van der Waals surface area contributed by atoms with Crippen LogP contribution in [-0.2, 0) is 6.42 Å². The quantitative estimate of drug-likeness (QED) is 0.849. The normalized spacial score (nSPS) is 16.6. The molecule has 2 heteroatoms. The van der Waals surface area contributed by atoms with Crippen molar-refractivity contribution in [3.05, 3.63) is 35.9 Å². The Balaban J connectivity index is 0. The molecule has 1 aromatic rings. The number of hydrogen-bond donors (Lipinski definition) is 2. The molecule has 1 atom stereocenters. The first-order valence-corrected chi connectivity index (χ1v) is 7.93. The van der Waals surface area contributed by atoms with E-state index in [0.717, 1.165) is 26.1 Å². The highest BCUT2D eigenvalue weighted by Crippen LogP contribution is 2.03. The van der Waals surface area contributed by atoms with E-state index in [2.05, 4.69) is 41.0 Å². The summed E-state index contributed by atoms with van der Waals surface area (Å²) in [6, 6.07) is 11.3. The van der Waals surface area contributed by atoms with Crippen molar-refractivity contribution in [1.82, 2.24) is 10.6 Å². The maximum absolute atomic E-state index is 3.51. The van der Waals surface area contributed by atoms with Gasteiger partial charge in [0, 0.05) is 25.7 Å². The predicted octanol–water partition coefficient (Wildman–Crippen LogP) is 3.87. The zero-order chi connectivity index (χ0) is 14.9. The minimum atomic E-state index is 0.608. The minimum absolute atomic E-state index is 0.608. The van der Waals surface area contributed by atoms with Crippen molar-refractivity contribution >= 4 is 0 Å². The highest BCUT2D eigenvalue weighted by atomic mass is 15.0. The molecular weight excluding hydrogens is 232 g/mol. The van der Waals surface area contributed by atoms with Crippen molar-refractivity contribution in [3.8, 4) is 0 Å². The molecule has 0 radical (unpaired) electrons. The van der Waals surface area contributed by atoms with E-state index in [1.165, 1.54) is 5.56 Å². The average Bonchev–Trinajstić information content (AvgIpc) is 2.55. The van der Waals surface area contributed by atoms with E-state index in [4.69, 9.17) is 0 Å². The molecule has 1 heterocycles. The van der Waals surface area contributed by atoms with Crippen LogP contribution >= 0.6 is 0 Å². The summed E-state index contributed by atoms with van der Waals surface area (Å²) in [6.45, 7) is 15.3. The Labute approximate surface area is 121 Å². The fraction of sp³-hybridized carbons (Fsp3) is 0.647. The van der Waals surface area contributed by atoms with Crippen LogP contribution in [0.15, 0.2) is 30.3 Å². The largest absolute Gasteiger partial charge is 0.314 e. The van der Waals surface area contributed by atoms with E-state index in [1.54, 1.807) is 0 Å². The molecule has 2 N–H and O–H groups in total. The van der Waals surface area contributed by atoms with Gasteiger partial charge >= 0.3 is 0 Å². The van der Waals surface area contributed by atoms with Crippen LogP contribution in [0.4, 0.5) is 0 Å². The van der Waals surface area contributed by atoms with Crippen LogP contribution in [0.5, 0.6) is 0 Å². The molecule has 112 valence electrons. The van der Waals surface area contributed by atoms with Gasteiger partial charge in [-0.15, -0.1) is 0 Å². The van der Waals surface area contributed by atoms with Gasteiger partial charge in [-0.2, -0.15) is 0 Å². The number of rotatable bonds is 2. The van der Waals surface area contributed by atoms with Crippen LogP contribution < -0.4 is 10.6 Å². The molecule has 2 nitrogen and oxygen atoms in total. The number of nitrogens with one attached hydrogen (secondary N) is 2. The summed E-state index contributed by atoms with van der Waals surface area (Å²) in [5.41, 5.74) is 1.42. The first-order chi connectivity index (χ1) is 9.45. The van der Waals surface area contributed by atoms with Crippen molar-refractivity contribution < 1.29 is 0 Å². The Bertz CT molecular complexity index is 241. The summed E-state index contributed by atoms with van der Waals surface area (Å²) in [6.07, 6.45) is 1.13. The zero-order valence-corrected chi connectivity index (χ0v) is 13.8. The third-order valence-corrected chi connectivity index (χ3v) is 2.45. The monoisotopic (exact) mass is 266 g/mol. The zero-order valence-electron chi connectivity index (χ0n) is 13.8. The molecule has 0 saturated carbocycles. The van der Waals surface area contributed by atoms with Crippen LogP contribution in [0.25, 0.3) is 0 Å². The van der Waals surface area contributed by atoms with Crippen LogP contribution in [-0.4, -0.2) is 25.7 Å². The summed E-state index contributed by atoms with van der Waals surface area (Å²) in [7, 11) is 0. The van der Waals surface area contributed by atoms with Gasteiger partial charge in [-0.3, -0.25) is 0 Å². The molecule has 0 spiro atoms. The molecule has 1 fully saturated rings. The number of piperazine rings is 1. The van der Waals surface area contributed by atoms with Gasteiger partial charge in [-0.05, 0) is 12.0 Å². The van der Waals surface area contributed by atoms with E-state index < -0.39 is 0 Å². The summed E-state index contributed by atoms with van der Waals surface area (Å²) < 4.78 is 0. The molecule has 0 aromatic heterocycles. The van der Waals surface area contributed by atoms with E-state index in [0.29, 0.717) is 6.04 Å². The van der Waals surface area contributed by atoms with Crippen molar-refractivity contribution in [2.45, 2.75) is 54.0 Å². The molecule has 1 aliphatic heterocycles. The third-order valence-electron chi connectivity index (χ3n) is 2.45. The van der Waals surface area contributed by atoms with E-state index in [9.17, 15) is 0 Å². The van der Waals surface area contributed by atoms with Crippen LogP contribution in [0.3, 0.4) is 0 Å². The average molecular weight is 266 g/mol. The Kier molecular flexibility index (Phi) is 18.5. The number of benzene rings is 1. The highest BCUT2D eigenvalue weighted by molar-refractivity contribution is 5.16. The second-order valence-corrected chi connectivity index (χ2v) is 3.54. The van der Waals surface area contributed by atoms with Crippen molar-refractivity contribution in [2.24, 2.45) is 0 Å². The molecule has 1 saturated heterocycles. The van der Waals surface area contributed by atoms with Gasteiger partial charge in [0.25, 0.3) is 0 Å². The van der Waals surface area contributed by atoms with Gasteiger partial charge in [0.2, 0.25) is 0 Å². The molecule has 2 rings (SSSR count). The predicted molar refractivity (Wildman–Crippen MR) is 88.9 cm³/mol. The topological polar surface area (TPSA) is 24.1 Å². The Hall–Kier alpha value is -0.860. The molecule has 19 heavy (non-hydrogen) atoms. The number of hydrogen-bond acceptors (Lipinski definition) is 2. The maximum Gasteiger partial charge on any atom is 0.0233 e. The first kappa shape index (κ1) is 20.5. The Morgan fingerprint density at radius 3 is 1.95 bits per heavy atom. The van der Waals surface area contributed by atoms with Crippen LogP contribution in [0, 0.1) is 0 Å². The fourth-order valence-electron chi connectivity index (χ4n) is 1.76. The van der Waals surface area contributed by atoms with Gasteiger partial charge in [-0.25, -0.2) is 0 Å². The second-order valence-electron chi connectivity index (χ2n) is 3.54. The second kappa shape index (κ2) is 17.1. The Morgan fingerprint density at radius 2 is 1.47 bits per heavy atom. The van der Waals surface area contributed by atoms with Gasteiger partial charge in [-0.1, -0.05) is 71.9 Å². The van der Waals surface area contributed by atoms with Crippen molar-refractivity contribution in [3.63, 3.8) is 0 Å². The molecule has 1 aliphatic rings. The SMILES string of the molecule is CC.CC.CC.c1ccc(CC2CNCCN2)cc1. The van der Waals surface area contributed by atoms with E-state index >= 15 is 0 Å². The lowest BCUT2D eigenvalue weighted by atomic mass is 10.1. The summed E-state index contributed by atoms with van der Waals surface area (Å²) >= 11 is 0. The van der Waals surface area contributed by atoms with Gasteiger partial charge < -0.3 is 10.6 Å². The van der Waals surface area contributed by atoms with E-state index in [-0.39, 0.29) is 0 Å². The maximum atomic E-state index is 3.51. The third kappa shape index (κ3) is 10.7. The van der Waals surface area contributed by atoms with Gasteiger partial charge in [0.15, 0.2) is 0 Å². The van der Waals surface area contributed by atoms with Gasteiger partial charge in [0.05, 0.1) is 0 Å². The van der Waals surface area contributed by atoms with Crippen molar-refractivity contribution in [1.29, 1.82) is 0 Å². The molecule has 0 amide bonds. The summed E-state index contributed by atoms with van der Waals surface area (Å²) in [5, 5.41) is 6.90. The van der Waals surface area contributed by atoms with Crippen LogP contribution in [0.1, 0.15) is 47.1 Å². The smallest absolute Gasteiger partial charge is 0.0233 e. The molecule has 1 aromatic carbocycles. The van der Waals surface area contributed by atoms with Crippen LogP contribution in [0.2, 0.25) is 0 Å². The molecule has 0 aliphatic carbocycles. The standard InChI is InChI=1S/C11H16N2.3C2H6/c1-2-4-10(5-3-1)8-11-9-12-6-7-13-11;3*1-2/h1-5,11-13H,6-9H2;3*1-2H3. The molecular formula is C17H34N2. The summed E-state index contributed by atoms with van der Waals surface area (Å²) in [5.74, 6) is 0. The lowest BCUT2D eigenvalue weighted by molar-refractivity contribution is 0.416. The van der Waals surface area contributed by atoms with Crippen molar-refractivity contribution in [2.75, 3.05) is 19.6 Å².